The Balaban J connectivity index is 1.83. The van der Waals surface area contributed by atoms with Gasteiger partial charge in [-0.15, -0.1) is 22.7 Å². The first-order valence-electron chi connectivity index (χ1n) is 6.27. The number of carboxylic acids is 1. The standard InChI is InChI=1S/C13H12N2O4S2/c16-7-4-9(13(18)19)15(5-7)12(17)8-6-21-11(14-8)10-2-1-3-20-10/h1-3,6-7,9,16H,4-5H2,(H,18,19)/t7-,9-/m1/s1. The number of hydrogen-bond acceptors (Lipinski definition) is 6. The maximum Gasteiger partial charge on any atom is 0.326 e. The Hall–Kier alpha value is -1.77. The molecule has 0 radical (unpaired) electrons. The van der Waals surface area contributed by atoms with Crippen molar-refractivity contribution in [2.45, 2.75) is 18.6 Å². The van der Waals surface area contributed by atoms with Crippen LogP contribution in [0.25, 0.3) is 9.88 Å². The minimum Gasteiger partial charge on any atom is -0.480 e. The van der Waals surface area contributed by atoms with Gasteiger partial charge in [-0.25, -0.2) is 9.78 Å². The monoisotopic (exact) mass is 324 g/mol. The summed E-state index contributed by atoms with van der Waals surface area (Å²) >= 11 is 2.87. The van der Waals surface area contributed by atoms with Crippen LogP contribution in [0.15, 0.2) is 22.9 Å². The Morgan fingerprint density at radius 1 is 1.38 bits per heavy atom. The lowest BCUT2D eigenvalue weighted by atomic mass is 10.2. The molecule has 3 heterocycles. The van der Waals surface area contributed by atoms with Gasteiger partial charge in [-0.1, -0.05) is 6.07 Å². The molecule has 2 aromatic rings. The van der Waals surface area contributed by atoms with Crippen LogP contribution in [0.1, 0.15) is 16.9 Å². The largest absolute Gasteiger partial charge is 0.480 e. The molecule has 1 aliphatic rings. The highest BCUT2D eigenvalue weighted by Crippen LogP contribution is 2.29. The van der Waals surface area contributed by atoms with Crippen molar-refractivity contribution in [2.75, 3.05) is 6.54 Å². The van der Waals surface area contributed by atoms with E-state index in [1.54, 1.807) is 5.38 Å². The molecule has 0 unspecified atom stereocenters. The SMILES string of the molecule is O=C(O)[C@H]1C[C@@H](O)CN1C(=O)c1csc(-c2cccs2)n1. The fourth-order valence-corrected chi connectivity index (χ4v) is 3.91. The van der Waals surface area contributed by atoms with Crippen LogP contribution in [-0.2, 0) is 4.79 Å². The molecular formula is C13H12N2O4S2. The number of aliphatic hydroxyl groups excluding tert-OH is 1. The van der Waals surface area contributed by atoms with Crippen LogP contribution in [0.2, 0.25) is 0 Å². The molecule has 2 aromatic heterocycles. The molecule has 1 amide bonds. The minimum atomic E-state index is -1.10. The zero-order valence-corrected chi connectivity index (χ0v) is 12.4. The highest BCUT2D eigenvalue weighted by Gasteiger charge is 2.39. The van der Waals surface area contributed by atoms with Gasteiger partial charge in [0.15, 0.2) is 0 Å². The molecule has 1 fully saturated rings. The van der Waals surface area contributed by atoms with Crippen molar-refractivity contribution in [3.63, 3.8) is 0 Å². The van der Waals surface area contributed by atoms with E-state index in [-0.39, 0.29) is 18.7 Å². The third kappa shape index (κ3) is 2.69. The molecule has 3 rings (SSSR count). The Morgan fingerprint density at radius 3 is 2.86 bits per heavy atom. The Kier molecular flexibility index (Phi) is 3.75. The topological polar surface area (TPSA) is 90.7 Å². The molecule has 1 aliphatic heterocycles. The highest BCUT2D eigenvalue weighted by molar-refractivity contribution is 7.20. The number of nitrogens with zero attached hydrogens (tertiary/aromatic N) is 2. The summed E-state index contributed by atoms with van der Waals surface area (Å²) in [5, 5.41) is 23.0. The van der Waals surface area contributed by atoms with Gasteiger partial charge in [0.25, 0.3) is 5.91 Å². The predicted molar refractivity (Wildman–Crippen MR) is 78.5 cm³/mol. The van der Waals surface area contributed by atoms with Gasteiger partial charge in [0.1, 0.15) is 16.7 Å². The molecule has 2 atom stereocenters. The quantitative estimate of drug-likeness (QED) is 0.893. The van der Waals surface area contributed by atoms with Gasteiger partial charge in [0.2, 0.25) is 0 Å². The molecule has 0 aliphatic carbocycles. The zero-order valence-electron chi connectivity index (χ0n) is 10.8. The summed E-state index contributed by atoms with van der Waals surface area (Å²) in [7, 11) is 0. The molecule has 6 nitrogen and oxygen atoms in total. The number of thiazole rings is 1. The van der Waals surface area contributed by atoms with Gasteiger partial charge in [-0.3, -0.25) is 4.79 Å². The van der Waals surface area contributed by atoms with Crippen LogP contribution < -0.4 is 0 Å². The van der Waals surface area contributed by atoms with Crippen LogP contribution in [-0.4, -0.2) is 50.7 Å². The molecule has 0 saturated carbocycles. The van der Waals surface area contributed by atoms with Crippen molar-refractivity contribution >= 4 is 34.6 Å². The number of aliphatic carboxylic acids is 1. The minimum absolute atomic E-state index is 0.0294. The number of aliphatic hydroxyl groups is 1. The number of carbonyl (C=O) groups excluding carboxylic acids is 1. The van der Waals surface area contributed by atoms with Crippen molar-refractivity contribution in [3.05, 3.63) is 28.6 Å². The second-order valence-corrected chi connectivity index (χ2v) is 6.52. The van der Waals surface area contributed by atoms with Gasteiger partial charge in [0, 0.05) is 18.3 Å². The number of β-amino-alcohol motifs (C(OH)–C–C–N with tert-alkyl or cyclic N) is 1. The molecule has 0 spiro atoms. The van der Waals surface area contributed by atoms with E-state index in [0.717, 1.165) is 9.88 Å². The fourth-order valence-electron chi connectivity index (χ4n) is 2.30. The Morgan fingerprint density at radius 2 is 2.19 bits per heavy atom. The number of carbonyl (C=O) groups is 2. The predicted octanol–water partition coefficient (Wildman–Crippen LogP) is 1.53. The summed E-state index contributed by atoms with van der Waals surface area (Å²) < 4.78 is 0. The smallest absolute Gasteiger partial charge is 0.326 e. The Labute approximate surface area is 128 Å². The van der Waals surface area contributed by atoms with Crippen molar-refractivity contribution < 1.29 is 19.8 Å². The van der Waals surface area contributed by atoms with E-state index >= 15 is 0 Å². The molecular weight excluding hydrogens is 312 g/mol. The molecule has 110 valence electrons. The van der Waals surface area contributed by atoms with Gasteiger partial charge in [-0.05, 0) is 11.4 Å². The van der Waals surface area contributed by atoms with Crippen molar-refractivity contribution in [1.29, 1.82) is 0 Å². The van der Waals surface area contributed by atoms with E-state index in [0.29, 0.717) is 0 Å². The maximum atomic E-state index is 12.4. The second kappa shape index (κ2) is 5.55. The number of carboxylic acid groups (broad SMARTS) is 1. The molecule has 21 heavy (non-hydrogen) atoms. The number of thiophene rings is 1. The first-order valence-corrected chi connectivity index (χ1v) is 8.03. The van der Waals surface area contributed by atoms with E-state index < -0.39 is 24.0 Å². The van der Waals surface area contributed by atoms with Crippen LogP contribution in [0.3, 0.4) is 0 Å². The summed E-state index contributed by atoms with van der Waals surface area (Å²) in [6, 6.07) is 2.83. The number of hydrogen-bond donors (Lipinski definition) is 2. The summed E-state index contributed by atoms with van der Waals surface area (Å²) in [5.74, 6) is -1.55. The van der Waals surface area contributed by atoms with Crippen LogP contribution in [0.4, 0.5) is 0 Å². The highest BCUT2D eigenvalue weighted by atomic mass is 32.1. The first-order chi connectivity index (χ1) is 10.1. The van der Waals surface area contributed by atoms with Crippen LogP contribution >= 0.6 is 22.7 Å². The number of rotatable bonds is 3. The summed E-state index contributed by atoms with van der Waals surface area (Å²) in [6.45, 7) is 0.0294. The Bertz CT molecular complexity index is 668. The molecule has 2 N–H and O–H groups in total. The zero-order chi connectivity index (χ0) is 15.0. The van der Waals surface area contributed by atoms with Crippen LogP contribution in [0.5, 0.6) is 0 Å². The molecule has 1 saturated heterocycles. The van der Waals surface area contributed by atoms with E-state index in [1.807, 2.05) is 17.5 Å². The second-order valence-electron chi connectivity index (χ2n) is 4.72. The number of aromatic nitrogens is 1. The lowest BCUT2D eigenvalue weighted by molar-refractivity contribution is -0.141. The van der Waals surface area contributed by atoms with Gasteiger partial charge in [-0.2, -0.15) is 0 Å². The molecule has 8 heteroatoms. The lowest BCUT2D eigenvalue weighted by Crippen LogP contribution is -2.40. The average Bonchev–Trinajstić information content (AvgIpc) is 3.17. The fraction of sp³-hybridized carbons (Fsp3) is 0.308. The van der Waals surface area contributed by atoms with Gasteiger partial charge < -0.3 is 15.1 Å². The van der Waals surface area contributed by atoms with E-state index in [9.17, 15) is 14.7 Å². The molecule has 0 aromatic carbocycles. The van der Waals surface area contributed by atoms with E-state index in [1.165, 1.54) is 27.6 Å². The summed E-state index contributed by atoms with van der Waals surface area (Å²) in [5.41, 5.74) is 0.226. The molecule has 0 bridgehead atoms. The van der Waals surface area contributed by atoms with Crippen molar-refractivity contribution in [2.24, 2.45) is 0 Å². The maximum absolute atomic E-state index is 12.4. The number of likely N-dealkylation sites (tertiary alicyclic amines) is 1. The normalized spacial score (nSPS) is 21.7. The first kappa shape index (κ1) is 14.2. The average molecular weight is 324 g/mol. The van der Waals surface area contributed by atoms with E-state index in [4.69, 9.17) is 5.11 Å². The number of amides is 1. The van der Waals surface area contributed by atoms with Crippen LogP contribution in [0, 0.1) is 0 Å². The third-order valence-corrected chi connectivity index (χ3v) is 5.16. The summed E-state index contributed by atoms with van der Waals surface area (Å²) in [6.07, 6.45) is -0.742. The summed E-state index contributed by atoms with van der Waals surface area (Å²) in [4.78, 5) is 30.0. The lowest BCUT2D eigenvalue weighted by Gasteiger charge is -2.19. The van der Waals surface area contributed by atoms with Gasteiger partial charge >= 0.3 is 5.97 Å². The van der Waals surface area contributed by atoms with Crippen molar-refractivity contribution in [3.8, 4) is 9.88 Å². The van der Waals surface area contributed by atoms with Gasteiger partial charge in [0.05, 0.1) is 11.0 Å². The third-order valence-electron chi connectivity index (χ3n) is 3.28. The van der Waals surface area contributed by atoms with Crippen molar-refractivity contribution in [1.82, 2.24) is 9.88 Å². The van der Waals surface area contributed by atoms with E-state index in [2.05, 4.69) is 4.98 Å².